The minimum atomic E-state index is 0.125. The summed E-state index contributed by atoms with van der Waals surface area (Å²) in [5, 5.41) is 0. The van der Waals surface area contributed by atoms with Gasteiger partial charge in [0, 0.05) is 0 Å². The smallest absolute Gasteiger partial charge is 0.309 e. The molecule has 0 bridgehead atoms. The Kier molecular flexibility index (Phi) is 48.4. The maximum atomic E-state index is 13.9. The van der Waals surface area contributed by atoms with Gasteiger partial charge in [-0.3, -0.25) is 4.79 Å². The molecule has 56 heavy (non-hydrogen) atoms. The summed E-state index contributed by atoms with van der Waals surface area (Å²) in [6.45, 7) is 9.21. The molecule has 0 spiro atoms. The number of hydrogen-bond acceptors (Lipinski definition) is 2. The molecule has 0 fully saturated rings. The second-order valence-electron chi connectivity index (χ2n) is 18.7. The van der Waals surface area contributed by atoms with Gasteiger partial charge in [-0.2, -0.15) is 0 Å². The van der Waals surface area contributed by atoms with Gasteiger partial charge in [0.25, 0.3) is 0 Å². The number of esters is 1. The zero-order valence-electron chi connectivity index (χ0n) is 39.7. The van der Waals surface area contributed by atoms with Gasteiger partial charge >= 0.3 is 5.97 Å². The van der Waals surface area contributed by atoms with Crippen LogP contribution in [0.5, 0.6) is 0 Å². The molecule has 0 radical (unpaired) electrons. The van der Waals surface area contributed by atoms with Crippen LogP contribution in [0.4, 0.5) is 0 Å². The van der Waals surface area contributed by atoms with Crippen LogP contribution in [0.2, 0.25) is 0 Å². The summed E-state index contributed by atoms with van der Waals surface area (Å²) in [5.41, 5.74) is 0. The first-order valence-electron chi connectivity index (χ1n) is 26.9. The Bertz CT molecular complexity index is 717. The van der Waals surface area contributed by atoms with Crippen molar-refractivity contribution in [3.63, 3.8) is 0 Å². The van der Waals surface area contributed by atoms with Gasteiger partial charge in [-0.25, -0.2) is 0 Å². The van der Waals surface area contributed by atoms with Gasteiger partial charge in [0.1, 0.15) is 6.10 Å². The van der Waals surface area contributed by atoms with E-state index in [-0.39, 0.29) is 18.0 Å². The standard InChI is InChI=1S/C54H108O2/c1-5-9-13-17-21-23-25-27-29-30-32-34-36-39-41-45-49-52(48-44-40-38-35-33-31-28-26-24-22-18-14-10-6-2)54(55)56-53(50-46-42-20-16-12-8-4)51-47-43-37-19-15-11-7-3/h52-53H,5-51H2,1-4H3. The van der Waals surface area contributed by atoms with Gasteiger partial charge in [0.15, 0.2) is 0 Å². The molecule has 0 aliphatic rings. The molecule has 0 N–H and O–H groups in total. The van der Waals surface area contributed by atoms with Gasteiger partial charge in [-0.1, -0.05) is 291 Å². The normalized spacial score (nSPS) is 12.7. The van der Waals surface area contributed by atoms with E-state index in [1.165, 1.54) is 276 Å². The highest BCUT2D eigenvalue weighted by atomic mass is 16.5. The van der Waals surface area contributed by atoms with Crippen molar-refractivity contribution < 1.29 is 9.53 Å². The fraction of sp³-hybridized carbons (Fsp3) is 0.981. The zero-order chi connectivity index (χ0) is 40.7. The molecule has 0 aromatic heterocycles. The third-order valence-corrected chi connectivity index (χ3v) is 12.9. The lowest BCUT2D eigenvalue weighted by molar-refractivity contribution is -0.155. The Labute approximate surface area is 355 Å². The number of ether oxygens (including phenoxy) is 1. The summed E-state index contributed by atoms with van der Waals surface area (Å²) in [6, 6.07) is 0. The average Bonchev–Trinajstić information content (AvgIpc) is 3.20. The van der Waals surface area contributed by atoms with E-state index in [0.29, 0.717) is 0 Å². The summed E-state index contributed by atoms with van der Waals surface area (Å²) in [6.07, 6.45) is 63.5. The van der Waals surface area contributed by atoms with Crippen molar-refractivity contribution in [3.8, 4) is 0 Å². The maximum Gasteiger partial charge on any atom is 0.309 e. The Balaban J connectivity index is 4.65. The summed E-state index contributed by atoms with van der Waals surface area (Å²) in [4.78, 5) is 13.9. The number of unbranched alkanes of at least 4 members (excludes halogenated alkanes) is 39. The molecule has 2 atom stereocenters. The van der Waals surface area contributed by atoms with Crippen molar-refractivity contribution in [3.05, 3.63) is 0 Å². The molecule has 2 nitrogen and oxygen atoms in total. The molecule has 0 saturated heterocycles. The number of rotatable bonds is 49. The van der Waals surface area contributed by atoms with Gasteiger partial charge in [0.2, 0.25) is 0 Å². The van der Waals surface area contributed by atoms with E-state index in [4.69, 9.17) is 4.74 Å². The molecule has 336 valence electrons. The lowest BCUT2D eigenvalue weighted by Crippen LogP contribution is -2.25. The van der Waals surface area contributed by atoms with E-state index in [2.05, 4.69) is 27.7 Å². The first kappa shape index (κ1) is 55.5. The highest BCUT2D eigenvalue weighted by Gasteiger charge is 2.23. The van der Waals surface area contributed by atoms with E-state index < -0.39 is 0 Å². The average molecular weight is 789 g/mol. The number of carbonyl (C=O) groups is 1. The fourth-order valence-electron chi connectivity index (χ4n) is 8.91. The number of carbonyl (C=O) groups excluding carboxylic acids is 1. The molecule has 0 aliphatic carbocycles. The largest absolute Gasteiger partial charge is 0.462 e. The fourth-order valence-corrected chi connectivity index (χ4v) is 8.91. The van der Waals surface area contributed by atoms with Crippen LogP contribution in [-0.2, 0) is 9.53 Å². The lowest BCUT2D eigenvalue weighted by atomic mass is 9.93. The topological polar surface area (TPSA) is 26.3 Å². The minimum absolute atomic E-state index is 0.125. The Hall–Kier alpha value is -0.530. The minimum Gasteiger partial charge on any atom is -0.462 e. The van der Waals surface area contributed by atoms with Crippen LogP contribution in [0.1, 0.15) is 329 Å². The highest BCUT2D eigenvalue weighted by Crippen LogP contribution is 2.25. The van der Waals surface area contributed by atoms with Gasteiger partial charge in [0.05, 0.1) is 5.92 Å². The predicted molar refractivity (Wildman–Crippen MR) is 253 cm³/mol. The monoisotopic (exact) mass is 789 g/mol. The SMILES string of the molecule is CCCCCCCCCCCCCCCCCCC(CCCCCCCCCCCCCCCC)C(=O)OC(CCCCCCCC)CCCCCCCCC. The van der Waals surface area contributed by atoms with E-state index >= 15 is 0 Å². The summed E-state index contributed by atoms with van der Waals surface area (Å²) >= 11 is 0. The molecule has 0 aliphatic heterocycles. The molecule has 2 heteroatoms. The van der Waals surface area contributed by atoms with Crippen molar-refractivity contribution >= 4 is 5.97 Å². The Morgan fingerprint density at radius 1 is 0.268 bits per heavy atom. The molecular formula is C54H108O2. The lowest BCUT2D eigenvalue weighted by Gasteiger charge is -2.22. The van der Waals surface area contributed by atoms with Crippen molar-refractivity contribution in [1.29, 1.82) is 0 Å². The molecule has 0 heterocycles. The summed E-state index contributed by atoms with van der Waals surface area (Å²) in [5.74, 6) is 0.291. The van der Waals surface area contributed by atoms with Gasteiger partial charge < -0.3 is 4.74 Å². The van der Waals surface area contributed by atoms with Crippen LogP contribution in [-0.4, -0.2) is 12.1 Å². The summed E-state index contributed by atoms with van der Waals surface area (Å²) in [7, 11) is 0. The Morgan fingerprint density at radius 2 is 0.446 bits per heavy atom. The van der Waals surface area contributed by atoms with Gasteiger partial charge in [-0.05, 0) is 38.5 Å². The maximum absolute atomic E-state index is 13.9. The number of hydrogen-bond donors (Lipinski definition) is 0. The third-order valence-electron chi connectivity index (χ3n) is 12.9. The van der Waals surface area contributed by atoms with E-state index in [1.807, 2.05) is 0 Å². The molecular weight excluding hydrogens is 681 g/mol. The quantitative estimate of drug-likeness (QED) is 0.0453. The molecule has 0 aromatic rings. The van der Waals surface area contributed by atoms with Crippen molar-refractivity contribution in [1.82, 2.24) is 0 Å². The summed E-state index contributed by atoms with van der Waals surface area (Å²) < 4.78 is 6.50. The van der Waals surface area contributed by atoms with Crippen LogP contribution >= 0.6 is 0 Å². The zero-order valence-corrected chi connectivity index (χ0v) is 39.7. The second-order valence-corrected chi connectivity index (χ2v) is 18.7. The van der Waals surface area contributed by atoms with Crippen LogP contribution in [0, 0.1) is 5.92 Å². The molecule has 0 aromatic carbocycles. The van der Waals surface area contributed by atoms with Crippen LogP contribution in [0.3, 0.4) is 0 Å². The molecule has 0 rings (SSSR count). The second kappa shape index (κ2) is 48.8. The molecule has 0 amide bonds. The van der Waals surface area contributed by atoms with Gasteiger partial charge in [-0.15, -0.1) is 0 Å². The highest BCUT2D eigenvalue weighted by molar-refractivity contribution is 5.72. The van der Waals surface area contributed by atoms with E-state index in [1.54, 1.807) is 0 Å². The molecule has 0 saturated carbocycles. The first-order valence-corrected chi connectivity index (χ1v) is 26.9. The van der Waals surface area contributed by atoms with Crippen molar-refractivity contribution in [2.75, 3.05) is 0 Å². The predicted octanol–water partition coefficient (Wildman–Crippen LogP) is 19.9. The van der Waals surface area contributed by atoms with Crippen LogP contribution in [0.15, 0.2) is 0 Å². The van der Waals surface area contributed by atoms with Crippen LogP contribution in [0.25, 0.3) is 0 Å². The molecule has 2 unspecified atom stereocenters. The van der Waals surface area contributed by atoms with E-state index in [9.17, 15) is 4.79 Å². The van der Waals surface area contributed by atoms with Crippen LogP contribution < -0.4 is 0 Å². The van der Waals surface area contributed by atoms with Crippen molar-refractivity contribution in [2.24, 2.45) is 5.92 Å². The third kappa shape index (κ3) is 43.1. The first-order chi connectivity index (χ1) is 27.7. The Morgan fingerprint density at radius 3 is 0.661 bits per heavy atom. The van der Waals surface area contributed by atoms with Crippen molar-refractivity contribution in [2.45, 2.75) is 336 Å². The van der Waals surface area contributed by atoms with E-state index in [0.717, 1.165) is 25.7 Å².